The highest BCUT2D eigenvalue weighted by atomic mass is 127. The van der Waals surface area contributed by atoms with Crippen molar-refractivity contribution in [2.24, 2.45) is 10.4 Å². The Kier molecular flexibility index (Phi) is 9.28. The van der Waals surface area contributed by atoms with E-state index in [1.54, 1.807) is 4.90 Å². The number of aliphatic imine (C=N–C) groups is 1. The van der Waals surface area contributed by atoms with E-state index in [-0.39, 0.29) is 47.9 Å². The van der Waals surface area contributed by atoms with Crippen molar-refractivity contribution in [3.05, 3.63) is 0 Å². The third-order valence-electron chi connectivity index (χ3n) is 4.77. The molecule has 0 aliphatic carbocycles. The van der Waals surface area contributed by atoms with Crippen LogP contribution in [0.5, 0.6) is 0 Å². The topological polar surface area (TPSA) is 86.2 Å². The summed E-state index contributed by atoms with van der Waals surface area (Å²) in [4.78, 5) is 18.0. The van der Waals surface area contributed by atoms with Crippen molar-refractivity contribution in [1.29, 1.82) is 0 Å². The number of hydrogen-bond acceptors (Lipinski definition) is 4. The molecule has 0 bridgehead atoms. The second kappa shape index (κ2) is 10.4. The second-order valence-electron chi connectivity index (χ2n) is 6.62. The van der Waals surface area contributed by atoms with Gasteiger partial charge in [-0.2, -0.15) is 0 Å². The minimum absolute atomic E-state index is 0. The van der Waals surface area contributed by atoms with Gasteiger partial charge in [-0.25, -0.2) is 0 Å². The molecule has 8 heteroatoms. The summed E-state index contributed by atoms with van der Waals surface area (Å²) in [7, 11) is 1.84. The fraction of sp³-hybridized carbons (Fsp3) is 0.875. The van der Waals surface area contributed by atoms with Crippen molar-refractivity contribution in [3.8, 4) is 0 Å². The molecule has 2 fully saturated rings. The van der Waals surface area contributed by atoms with Gasteiger partial charge in [0.2, 0.25) is 5.91 Å². The maximum Gasteiger partial charge on any atom is 0.222 e. The molecule has 0 aromatic rings. The number of carbonyl (C=O) groups excluding carboxylic acids is 1. The standard InChI is InChI=1S/C16H30N4O3.HI/c1-3-17-15(19-13-4-5-14(22)20(2)10-13)18-11-16(12-21)6-8-23-9-7-16;/h13,21H,3-12H2,1-2H3,(H2,17,18,19);1H. The largest absolute Gasteiger partial charge is 0.396 e. The number of nitrogens with one attached hydrogen (secondary N) is 2. The van der Waals surface area contributed by atoms with E-state index in [1.807, 2.05) is 14.0 Å². The lowest BCUT2D eigenvalue weighted by molar-refractivity contribution is -0.132. The summed E-state index contributed by atoms with van der Waals surface area (Å²) in [5.74, 6) is 0.964. The van der Waals surface area contributed by atoms with Crippen molar-refractivity contribution in [3.63, 3.8) is 0 Å². The van der Waals surface area contributed by atoms with E-state index < -0.39 is 0 Å². The van der Waals surface area contributed by atoms with Crippen LogP contribution >= 0.6 is 24.0 Å². The van der Waals surface area contributed by atoms with Crippen LogP contribution in [0.2, 0.25) is 0 Å². The number of hydrogen-bond donors (Lipinski definition) is 3. The molecule has 0 spiro atoms. The number of ether oxygens (including phenoxy) is 1. The van der Waals surface area contributed by atoms with Crippen LogP contribution in [0.3, 0.4) is 0 Å². The first kappa shape index (κ1) is 21.4. The van der Waals surface area contributed by atoms with Gasteiger partial charge in [0.1, 0.15) is 0 Å². The summed E-state index contributed by atoms with van der Waals surface area (Å²) >= 11 is 0. The first-order chi connectivity index (χ1) is 11.1. The summed E-state index contributed by atoms with van der Waals surface area (Å²) in [6.07, 6.45) is 3.08. The second-order valence-corrected chi connectivity index (χ2v) is 6.62. The molecule has 24 heavy (non-hydrogen) atoms. The molecule has 3 N–H and O–H groups in total. The number of likely N-dealkylation sites (N-methyl/N-ethyl adjacent to an activating group) is 1. The number of guanidine groups is 1. The lowest BCUT2D eigenvalue weighted by atomic mass is 9.81. The van der Waals surface area contributed by atoms with Crippen LogP contribution < -0.4 is 10.6 Å². The molecule has 1 amide bonds. The van der Waals surface area contributed by atoms with Gasteiger partial charge in [-0.05, 0) is 26.2 Å². The number of amides is 1. The van der Waals surface area contributed by atoms with Crippen LogP contribution in [0.15, 0.2) is 4.99 Å². The minimum atomic E-state index is -0.167. The van der Waals surface area contributed by atoms with Gasteiger partial charge in [0.25, 0.3) is 0 Å². The number of carbonyl (C=O) groups is 1. The predicted molar refractivity (Wildman–Crippen MR) is 105 cm³/mol. The summed E-state index contributed by atoms with van der Waals surface area (Å²) in [6.45, 7) is 5.61. The van der Waals surface area contributed by atoms with E-state index in [4.69, 9.17) is 9.73 Å². The van der Waals surface area contributed by atoms with Crippen LogP contribution in [-0.4, -0.2) is 74.4 Å². The van der Waals surface area contributed by atoms with E-state index in [0.29, 0.717) is 32.7 Å². The molecule has 2 aliphatic heterocycles. The van der Waals surface area contributed by atoms with Crippen molar-refractivity contribution in [2.45, 2.75) is 38.6 Å². The molecule has 1 atom stereocenters. The van der Waals surface area contributed by atoms with E-state index >= 15 is 0 Å². The van der Waals surface area contributed by atoms with Crippen molar-refractivity contribution >= 4 is 35.8 Å². The van der Waals surface area contributed by atoms with Gasteiger partial charge < -0.3 is 25.4 Å². The molecule has 0 aromatic heterocycles. The van der Waals surface area contributed by atoms with E-state index in [9.17, 15) is 9.90 Å². The Morgan fingerprint density at radius 1 is 1.46 bits per heavy atom. The van der Waals surface area contributed by atoms with Gasteiger partial charge in [0.15, 0.2) is 5.96 Å². The molecule has 0 saturated carbocycles. The smallest absolute Gasteiger partial charge is 0.222 e. The number of aliphatic hydroxyl groups is 1. The maximum atomic E-state index is 11.6. The van der Waals surface area contributed by atoms with Crippen LogP contribution in [0.25, 0.3) is 0 Å². The molecule has 2 aliphatic rings. The zero-order valence-electron chi connectivity index (χ0n) is 14.7. The monoisotopic (exact) mass is 454 g/mol. The number of likely N-dealkylation sites (tertiary alicyclic amines) is 1. The Balaban J connectivity index is 0.00000288. The minimum Gasteiger partial charge on any atom is -0.396 e. The number of halogens is 1. The van der Waals surface area contributed by atoms with Crippen LogP contribution in [0.4, 0.5) is 0 Å². The van der Waals surface area contributed by atoms with Crippen molar-refractivity contribution < 1.29 is 14.6 Å². The Morgan fingerprint density at radius 3 is 2.75 bits per heavy atom. The Bertz CT molecular complexity index is 428. The Morgan fingerprint density at radius 2 is 2.17 bits per heavy atom. The van der Waals surface area contributed by atoms with Crippen LogP contribution in [0, 0.1) is 5.41 Å². The van der Waals surface area contributed by atoms with Gasteiger partial charge in [-0.1, -0.05) is 0 Å². The molecule has 7 nitrogen and oxygen atoms in total. The average molecular weight is 454 g/mol. The quantitative estimate of drug-likeness (QED) is 0.321. The third kappa shape index (κ3) is 6.03. The Labute approximate surface area is 161 Å². The number of piperidine rings is 1. The summed E-state index contributed by atoms with van der Waals surface area (Å²) in [5.41, 5.74) is -0.167. The molecule has 1 unspecified atom stereocenters. The zero-order valence-corrected chi connectivity index (χ0v) is 17.0. The van der Waals surface area contributed by atoms with Gasteiger partial charge in [-0.15, -0.1) is 24.0 Å². The van der Waals surface area contributed by atoms with E-state index in [2.05, 4.69) is 10.6 Å². The lowest BCUT2D eigenvalue weighted by Gasteiger charge is -2.35. The average Bonchev–Trinajstić information content (AvgIpc) is 2.57. The molecular weight excluding hydrogens is 423 g/mol. The normalized spacial score (nSPS) is 24.3. The number of nitrogens with zero attached hydrogens (tertiary/aromatic N) is 2. The van der Waals surface area contributed by atoms with Crippen LogP contribution in [-0.2, 0) is 9.53 Å². The maximum absolute atomic E-state index is 11.6. The SMILES string of the molecule is CCNC(=NCC1(CO)CCOCC1)NC1CCC(=O)N(C)C1.I. The molecule has 140 valence electrons. The number of aliphatic hydroxyl groups excluding tert-OH is 1. The molecule has 2 heterocycles. The highest BCUT2D eigenvalue weighted by Gasteiger charge is 2.32. The first-order valence-electron chi connectivity index (χ1n) is 8.56. The van der Waals surface area contributed by atoms with E-state index in [0.717, 1.165) is 31.8 Å². The summed E-state index contributed by atoms with van der Waals surface area (Å²) in [6, 6.07) is 0.218. The summed E-state index contributed by atoms with van der Waals surface area (Å²) in [5, 5.41) is 16.4. The van der Waals surface area contributed by atoms with Crippen molar-refractivity contribution in [2.75, 3.05) is 46.5 Å². The number of rotatable bonds is 5. The predicted octanol–water partition coefficient (Wildman–Crippen LogP) is 0.569. The fourth-order valence-corrected chi connectivity index (χ4v) is 3.06. The van der Waals surface area contributed by atoms with E-state index in [1.165, 1.54) is 0 Å². The summed E-state index contributed by atoms with van der Waals surface area (Å²) < 4.78 is 5.40. The lowest BCUT2D eigenvalue weighted by Crippen LogP contribution is -2.52. The third-order valence-corrected chi connectivity index (χ3v) is 4.77. The molecule has 2 rings (SSSR count). The highest BCUT2D eigenvalue weighted by molar-refractivity contribution is 14.0. The van der Waals surface area contributed by atoms with Gasteiger partial charge in [0.05, 0.1) is 13.2 Å². The van der Waals surface area contributed by atoms with Gasteiger partial charge in [-0.3, -0.25) is 9.79 Å². The van der Waals surface area contributed by atoms with Gasteiger partial charge in [0, 0.05) is 51.2 Å². The molecule has 2 saturated heterocycles. The molecule has 0 aromatic carbocycles. The zero-order chi connectivity index (χ0) is 16.7. The molecular formula is C16H31IN4O3. The van der Waals surface area contributed by atoms with Gasteiger partial charge >= 0.3 is 0 Å². The van der Waals surface area contributed by atoms with Crippen molar-refractivity contribution in [1.82, 2.24) is 15.5 Å². The fourth-order valence-electron chi connectivity index (χ4n) is 3.06. The first-order valence-corrected chi connectivity index (χ1v) is 8.56. The Hall–Kier alpha value is -0.610. The highest BCUT2D eigenvalue weighted by Crippen LogP contribution is 2.30. The van der Waals surface area contributed by atoms with Crippen LogP contribution in [0.1, 0.15) is 32.6 Å². The molecule has 0 radical (unpaired) electrons.